The van der Waals surface area contributed by atoms with E-state index in [0.29, 0.717) is 0 Å². The average Bonchev–Trinajstić information content (AvgIpc) is 0.918. The molecule has 0 aromatic heterocycles. The molecule has 0 aromatic carbocycles. The maximum atomic E-state index is 7.57. The first kappa shape index (κ1) is 16.1. The van der Waals surface area contributed by atoms with Crippen LogP contribution in [0.15, 0.2) is 0 Å². The van der Waals surface area contributed by atoms with E-state index in [4.69, 9.17) is 5.11 Å². The quantitative estimate of drug-likeness (QED) is 0.415. The van der Waals surface area contributed by atoms with Crippen molar-refractivity contribution in [2.75, 3.05) is 6.61 Å². The third kappa shape index (κ3) is 30.3. The van der Waals surface area contributed by atoms with Crippen LogP contribution in [-0.4, -0.2) is 58.3 Å². The number of rotatable bonds is 0. The number of aliphatic hydroxyl groups is 1. The summed E-state index contributed by atoms with van der Waals surface area (Å²) in [6.45, 7) is 1.93. The van der Waals surface area contributed by atoms with E-state index in [1.807, 2.05) is 0 Å². The second-order valence-corrected chi connectivity index (χ2v) is 0.316. The Kier molecular flexibility index (Phi) is 57.5. The van der Waals surface area contributed by atoms with Gasteiger partial charge in [-0.1, -0.05) is 0 Å². The molecule has 0 rings (SSSR count). The van der Waals surface area contributed by atoms with Crippen LogP contribution in [0.3, 0.4) is 0 Å². The van der Waals surface area contributed by atoms with E-state index in [2.05, 4.69) is 0 Å². The summed E-state index contributed by atoms with van der Waals surface area (Å²) < 4.78 is 0. The van der Waals surface area contributed by atoms with E-state index in [0.717, 1.165) is 0 Å². The fourth-order valence-electron chi connectivity index (χ4n) is 0. The summed E-state index contributed by atoms with van der Waals surface area (Å²) in [6, 6.07) is 0. The molecule has 0 spiro atoms. The van der Waals surface area contributed by atoms with E-state index in [1.54, 1.807) is 6.92 Å². The Bertz CT molecular complexity index is 9.61. The van der Waals surface area contributed by atoms with Gasteiger partial charge in [-0.25, -0.2) is 0 Å². The molecule has 0 saturated carbocycles. The van der Waals surface area contributed by atoms with Gasteiger partial charge >= 0.3 is 46.6 Å². The van der Waals surface area contributed by atoms with Gasteiger partial charge in [0, 0.05) is 6.61 Å². The van der Waals surface area contributed by atoms with Gasteiger partial charge in [-0.05, 0) is 6.92 Å². The molecule has 0 fully saturated rings. The van der Waals surface area contributed by atoms with Crippen molar-refractivity contribution >= 4 is 46.6 Å². The molecule has 0 radical (unpaired) electrons. The third-order valence-corrected chi connectivity index (χ3v) is 0. The van der Waals surface area contributed by atoms with Gasteiger partial charge in [-0.15, -0.1) is 0 Å². The number of aliphatic hydroxyl groups excluding tert-OH is 1. The topological polar surface area (TPSA) is 20.2 Å². The van der Waals surface area contributed by atoms with Crippen molar-refractivity contribution in [1.29, 1.82) is 0 Å². The minimum atomic E-state index is 0. The van der Waals surface area contributed by atoms with Gasteiger partial charge in [0.1, 0.15) is 0 Å². The van der Waals surface area contributed by atoms with E-state index in [9.17, 15) is 0 Å². The molecule has 1 nitrogen and oxygen atoms in total. The molecule has 0 bridgehead atoms. The zero-order chi connectivity index (χ0) is 2.71. The Balaban J connectivity index is -0.0000000200. The predicted octanol–water partition coefficient (Wildman–Crippen LogP) is -1.57. The minimum absolute atomic E-state index is 0. The molecule has 0 saturated heterocycles. The Morgan fingerprint density at radius 3 is 1.60 bits per heavy atom. The summed E-state index contributed by atoms with van der Waals surface area (Å²) in [5.41, 5.74) is 0. The predicted molar refractivity (Wildman–Crippen MR) is 28.5 cm³/mol. The Hall–Kier alpha value is 1.48. The van der Waals surface area contributed by atoms with Gasteiger partial charge < -0.3 is 5.11 Å². The van der Waals surface area contributed by atoms with Gasteiger partial charge in [0.25, 0.3) is 0 Å². The maximum absolute atomic E-state index is 7.57. The molecule has 0 heterocycles. The molecule has 0 aliphatic carbocycles. The molecule has 0 aliphatic rings. The fourth-order valence-corrected chi connectivity index (χ4v) is 0. The standard InChI is InChI=1S/C2H6O.Na.H2Se.H/c1-2-3;;;/h3H,2H2,1H3;;1H2;. The summed E-state index contributed by atoms with van der Waals surface area (Å²) in [5.74, 6) is 0. The van der Waals surface area contributed by atoms with Gasteiger partial charge in [0.15, 0.2) is 0 Å². The number of hydrogen-bond donors (Lipinski definition) is 1. The number of hydrogen-bond acceptors (Lipinski definition) is 1. The first-order valence-corrected chi connectivity index (χ1v) is 1.02. The Morgan fingerprint density at radius 1 is 1.60 bits per heavy atom. The van der Waals surface area contributed by atoms with Crippen LogP contribution in [0, 0.1) is 0 Å². The van der Waals surface area contributed by atoms with E-state index < -0.39 is 0 Å². The molecule has 0 aliphatic heterocycles. The summed E-state index contributed by atoms with van der Waals surface area (Å²) in [5, 5.41) is 7.57. The van der Waals surface area contributed by atoms with Crippen LogP contribution in [0.2, 0.25) is 0 Å². The van der Waals surface area contributed by atoms with Crippen LogP contribution >= 0.6 is 0 Å². The zero-order valence-corrected chi connectivity index (χ0v) is 4.75. The fraction of sp³-hybridized carbons (Fsp3) is 1.00. The van der Waals surface area contributed by atoms with Crippen molar-refractivity contribution in [1.82, 2.24) is 0 Å². The van der Waals surface area contributed by atoms with Crippen LogP contribution in [0.25, 0.3) is 0 Å². The Labute approximate surface area is 64.9 Å². The molecule has 1 N–H and O–H groups in total. The monoisotopic (exact) mass is 152 g/mol. The molecule has 0 unspecified atom stereocenters. The summed E-state index contributed by atoms with van der Waals surface area (Å²) in [4.78, 5) is 0. The van der Waals surface area contributed by atoms with Gasteiger partial charge in [0.05, 0.1) is 0 Å². The van der Waals surface area contributed by atoms with Gasteiger partial charge in [-0.2, -0.15) is 0 Å². The third-order valence-electron chi connectivity index (χ3n) is 0. The van der Waals surface area contributed by atoms with Crippen LogP contribution in [0.1, 0.15) is 6.92 Å². The second-order valence-electron chi connectivity index (χ2n) is 0.316. The first-order valence-electron chi connectivity index (χ1n) is 1.02. The van der Waals surface area contributed by atoms with E-state index >= 15 is 0 Å². The average molecular weight is 151 g/mol. The van der Waals surface area contributed by atoms with Crippen LogP contribution < -0.4 is 0 Å². The SMILES string of the molecule is CCO.[NaH].[SeH2]. The molecule has 3 heteroatoms. The van der Waals surface area contributed by atoms with Crippen molar-refractivity contribution in [3.63, 3.8) is 0 Å². The van der Waals surface area contributed by atoms with Crippen LogP contribution in [0.4, 0.5) is 0 Å². The summed E-state index contributed by atoms with van der Waals surface area (Å²) >= 11 is 0. The molecule has 30 valence electrons. The van der Waals surface area contributed by atoms with Crippen molar-refractivity contribution in [2.24, 2.45) is 0 Å². The Morgan fingerprint density at radius 2 is 1.60 bits per heavy atom. The van der Waals surface area contributed by atoms with E-state index in [1.165, 1.54) is 0 Å². The van der Waals surface area contributed by atoms with Crippen molar-refractivity contribution in [2.45, 2.75) is 6.92 Å². The zero-order valence-electron chi connectivity index (χ0n) is 2.65. The van der Waals surface area contributed by atoms with Crippen LogP contribution in [-0.2, 0) is 0 Å². The van der Waals surface area contributed by atoms with Crippen molar-refractivity contribution < 1.29 is 5.11 Å². The normalized spacial score (nSPS) is 3.60. The summed E-state index contributed by atoms with van der Waals surface area (Å²) in [7, 11) is 0. The molecule has 0 amide bonds. The molecule has 5 heavy (non-hydrogen) atoms. The molecular formula is C2H9NaOSe. The van der Waals surface area contributed by atoms with Crippen molar-refractivity contribution in [3.05, 3.63) is 0 Å². The first-order chi connectivity index (χ1) is 1.41. The van der Waals surface area contributed by atoms with Crippen molar-refractivity contribution in [3.8, 4) is 0 Å². The summed E-state index contributed by atoms with van der Waals surface area (Å²) in [6.07, 6.45) is 0. The molecule has 0 aromatic rings. The molecule has 0 atom stereocenters. The molecular weight excluding hydrogens is 142 g/mol. The van der Waals surface area contributed by atoms with Gasteiger partial charge in [0.2, 0.25) is 0 Å². The van der Waals surface area contributed by atoms with Gasteiger partial charge in [-0.3, -0.25) is 0 Å². The van der Waals surface area contributed by atoms with Crippen LogP contribution in [0.5, 0.6) is 0 Å². The second kappa shape index (κ2) is 17.9. The van der Waals surface area contributed by atoms with E-state index in [-0.39, 0.29) is 53.2 Å².